The first kappa shape index (κ1) is 20.3. The van der Waals surface area contributed by atoms with Crippen LogP contribution in [0, 0.1) is 6.92 Å². The van der Waals surface area contributed by atoms with Crippen LogP contribution in [0.2, 0.25) is 0 Å². The molecular weight excluding hydrogens is 342 g/mol. The molecular formula is C21H27N3O3. The van der Waals surface area contributed by atoms with Crippen molar-refractivity contribution in [1.29, 1.82) is 0 Å². The van der Waals surface area contributed by atoms with Crippen LogP contribution >= 0.6 is 0 Å². The highest BCUT2D eigenvalue weighted by Gasteiger charge is 2.22. The quantitative estimate of drug-likeness (QED) is 0.720. The highest BCUT2D eigenvalue weighted by atomic mass is 16.6. The fourth-order valence-electron chi connectivity index (χ4n) is 2.40. The van der Waals surface area contributed by atoms with E-state index < -0.39 is 17.7 Å². The number of carbonyl (C=O) groups is 2. The molecule has 0 aliphatic rings. The summed E-state index contributed by atoms with van der Waals surface area (Å²) in [5.41, 5.74) is 2.65. The summed E-state index contributed by atoms with van der Waals surface area (Å²) in [6.07, 6.45) is -0.627. The normalized spacial score (nSPS) is 12.0. The van der Waals surface area contributed by atoms with Crippen LogP contribution in [0.1, 0.15) is 33.3 Å². The molecule has 6 nitrogen and oxygen atoms in total. The Bertz CT molecular complexity index is 798. The van der Waals surface area contributed by atoms with E-state index in [1.54, 1.807) is 27.7 Å². The molecule has 6 heteroatoms. The van der Waals surface area contributed by atoms with Gasteiger partial charge in [0, 0.05) is 5.69 Å². The first-order chi connectivity index (χ1) is 12.7. The van der Waals surface area contributed by atoms with Gasteiger partial charge in [-0.3, -0.25) is 4.79 Å². The van der Waals surface area contributed by atoms with Crippen molar-refractivity contribution >= 4 is 29.1 Å². The maximum absolute atomic E-state index is 12.6. The van der Waals surface area contributed by atoms with Crippen molar-refractivity contribution in [2.75, 3.05) is 10.6 Å². The second-order valence-corrected chi connectivity index (χ2v) is 7.35. The summed E-state index contributed by atoms with van der Waals surface area (Å²) in [5.74, 6) is -0.328. The van der Waals surface area contributed by atoms with Gasteiger partial charge in [-0.2, -0.15) is 0 Å². The first-order valence-corrected chi connectivity index (χ1v) is 8.88. The molecule has 0 radical (unpaired) electrons. The molecule has 2 amide bonds. The van der Waals surface area contributed by atoms with Crippen molar-refractivity contribution in [1.82, 2.24) is 5.32 Å². The van der Waals surface area contributed by atoms with Crippen molar-refractivity contribution in [2.24, 2.45) is 0 Å². The van der Waals surface area contributed by atoms with Gasteiger partial charge in [-0.05, 0) is 58.4 Å². The zero-order valence-electron chi connectivity index (χ0n) is 16.4. The summed E-state index contributed by atoms with van der Waals surface area (Å²) in [6.45, 7) is 8.84. The van der Waals surface area contributed by atoms with Crippen LogP contribution in [-0.4, -0.2) is 23.6 Å². The molecule has 2 aromatic rings. The molecule has 0 saturated heterocycles. The molecule has 144 valence electrons. The van der Waals surface area contributed by atoms with Crippen molar-refractivity contribution in [3.63, 3.8) is 0 Å². The maximum Gasteiger partial charge on any atom is 0.408 e. The van der Waals surface area contributed by atoms with Crippen LogP contribution in [0.3, 0.4) is 0 Å². The predicted octanol–water partition coefficient (Wildman–Crippen LogP) is 4.59. The fourth-order valence-corrected chi connectivity index (χ4v) is 2.40. The highest BCUT2D eigenvalue weighted by Crippen LogP contribution is 2.28. The van der Waals surface area contributed by atoms with Gasteiger partial charge in [-0.15, -0.1) is 0 Å². The molecule has 0 aliphatic carbocycles. The van der Waals surface area contributed by atoms with E-state index in [0.29, 0.717) is 5.69 Å². The molecule has 0 heterocycles. The van der Waals surface area contributed by atoms with Crippen LogP contribution in [0.4, 0.5) is 21.9 Å². The standard InChI is InChI=1S/C21H27N3O3/c1-14-10-9-13-17(23-16-11-7-6-8-12-16)18(14)24-19(25)15(2)22-20(26)27-21(3,4)5/h6-13,15,23H,1-5H3,(H,22,26)(H,24,25)/t15-/m0/s1. The Kier molecular flexibility index (Phi) is 6.45. The summed E-state index contributed by atoms with van der Waals surface area (Å²) in [7, 11) is 0. The third-order valence-corrected chi connectivity index (χ3v) is 3.70. The van der Waals surface area contributed by atoms with E-state index in [1.165, 1.54) is 0 Å². The molecule has 0 bridgehead atoms. The van der Waals surface area contributed by atoms with Crippen molar-refractivity contribution in [3.05, 3.63) is 54.1 Å². The Morgan fingerprint density at radius 3 is 2.30 bits per heavy atom. The lowest BCUT2D eigenvalue weighted by molar-refractivity contribution is -0.117. The highest BCUT2D eigenvalue weighted by molar-refractivity contribution is 6.00. The summed E-state index contributed by atoms with van der Waals surface area (Å²) >= 11 is 0. The number of hydrogen-bond donors (Lipinski definition) is 3. The number of anilines is 3. The lowest BCUT2D eigenvalue weighted by Gasteiger charge is -2.22. The minimum atomic E-state index is -0.746. The van der Waals surface area contributed by atoms with E-state index in [9.17, 15) is 9.59 Å². The van der Waals surface area contributed by atoms with E-state index in [1.807, 2.05) is 55.5 Å². The molecule has 1 atom stereocenters. The van der Waals surface area contributed by atoms with E-state index >= 15 is 0 Å². The van der Waals surface area contributed by atoms with Gasteiger partial charge in [0.25, 0.3) is 0 Å². The van der Waals surface area contributed by atoms with E-state index in [-0.39, 0.29) is 5.91 Å². The lowest BCUT2D eigenvalue weighted by Crippen LogP contribution is -2.44. The van der Waals surface area contributed by atoms with Crippen molar-refractivity contribution < 1.29 is 14.3 Å². The smallest absolute Gasteiger partial charge is 0.408 e. The van der Waals surface area contributed by atoms with Crippen LogP contribution in [0.5, 0.6) is 0 Å². The number of benzene rings is 2. The molecule has 2 aromatic carbocycles. The fraction of sp³-hybridized carbons (Fsp3) is 0.333. The van der Waals surface area contributed by atoms with Gasteiger partial charge < -0.3 is 20.7 Å². The summed E-state index contributed by atoms with van der Waals surface area (Å²) in [6, 6.07) is 14.7. The Balaban J connectivity index is 2.09. The maximum atomic E-state index is 12.6. The van der Waals surface area contributed by atoms with Gasteiger partial charge >= 0.3 is 6.09 Å². The largest absolute Gasteiger partial charge is 0.444 e. The zero-order valence-corrected chi connectivity index (χ0v) is 16.4. The van der Waals surface area contributed by atoms with E-state index in [4.69, 9.17) is 4.74 Å². The molecule has 0 fully saturated rings. The number of rotatable bonds is 5. The lowest BCUT2D eigenvalue weighted by atomic mass is 10.1. The molecule has 0 unspecified atom stereocenters. The van der Waals surface area contributed by atoms with Gasteiger partial charge in [0.2, 0.25) is 5.91 Å². The predicted molar refractivity (Wildman–Crippen MR) is 108 cm³/mol. The van der Waals surface area contributed by atoms with Crippen LogP contribution in [-0.2, 0) is 9.53 Å². The third-order valence-electron chi connectivity index (χ3n) is 3.70. The summed E-state index contributed by atoms with van der Waals surface area (Å²) < 4.78 is 5.19. The summed E-state index contributed by atoms with van der Waals surface area (Å²) in [5, 5.41) is 8.75. The second kappa shape index (κ2) is 8.58. The molecule has 0 aliphatic heterocycles. The number of aryl methyl sites for hydroxylation is 1. The topological polar surface area (TPSA) is 79.5 Å². The molecule has 0 spiro atoms. The van der Waals surface area contributed by atoms with Gasteiger partial charge in [0.1, 0.15) is 11.6 Å². The SMILES string of the molecule is Cc1cccc(Nc2ccccc2)c1NC(=O)[C@H](C)NC(=O)OC(C)(C)C. The molecule has 0 saturated carbocycles. The molecule has 0 aromatic heterocycles. The first-order valence-electron chi connectivity index (χ1n) is 8.88. The minimum Gasteiger partial charge on any atom is -0.444 e. The number of amides is 2. The number of para-hydroxylation sites is 2. The minimum absolute atomic E-state index is 0.328. The summed E-state index contributed by atoms with van der Waals surface area (Å²) in [4.78, 5) is 24.4. The second-order valence-electron chi connectivity index (χ2n) is 7.35. The van der Waals surface area contributed by atoms with Gasteiger partial charge in [-0.25, -0.2) is 4.79 Å². The van der Waals surface area contributed by atoms with Crippen LogP contribution < -0.4 is 16.0 Å². The molecule has 2 rings (SSSR count). The zero-order chi connectivity index (χ0) is 20.0. The number of hydrogen-bond acceptors (Lipinski definition) is 4. The van der Waals surface area contributed by atoms with E-state index in [2.05, 4.69) is 16.0 Å². The Labute approximate surface area is 160 Å². The van der Waals surface area contributed by atoms with Gasteiger partial charge in [-0.1, -0.05) is 30.3 Å². The number of alkyl carbamates (subject to hydrolysis) is 1. The Morgan fingerprint density at radius 1 is 1.00 bits per heavy atom. The van der Waals surface area contributed by atoms with E-state index in [0.717, 1.165) is 16.9 Å². The molecule has 3 N–H and O–H groups in total. The number of nitrogens with one attached hydrogen (secondary N) is 3. The van der Waals surface area contributed by atoms with Crippen LogP contribution in [0.25, 0.3) is 0 Å². The van der Waals surface area contributed by atoms with Crippen molar-refractivity contribution in [3.8, 4) is 0 Å². The monoisotopic (exact) mass is 369 g/mol. The Morgan fingerprint density at radius 2 is 1.67 bits per heavy atom. The molecule has 27 heavy (non-hydrogen) atoms. The van der Waals surface area contributed by atoms with Gasteiger partial charge in [0.15, 0.2) is 0 Å². The average molecular weight is 369 g/mol. The Hall–Kier alpha value is -3.02. The van der Waals surface area contributed by atoms with Gasteiger partial charge in [0.05, 0.1) is 11.4 Å². The average Bonchev–Trinajstić information content (AvgIpc) is 2.57. The third kappa shape index (κ3) is 6.33. The number of carbonyl (C=O) groups excluding carboxylic acids is 2. The van der Waals surface area contributed by atoms with Crippen molar-refractivity contribution in [2.45, 2.75) is 46.3 Å². The number of ether oxygens (including phenoxy) is 1. The van der Waals surface area contributed by atoms with Crippen LogP contribution in [0.15, 0.2) is 48.5 Å².